The first-order valence-corrected chi connectivity index (χ1v) is 10.8. The molecule has 28 heavy (non-hydrogen) atoms. The van der Waals surface area contributed by atoms with Crippen LogP contribution in [-0.4, -0.2) is 60.4 Å². The Balaban J connectivity index is 1.22. The average Bonchev–Trinajstić information content (AvgIpc) is 3.27. The highest BCUT2D eigenvalue weighted by Gasteiger charge is 2.41. The molecule has 4 rings (SSSR count). The Morgan fingerprint density at radius 3 is 2.82 bits per heavy atom. The molecule has 0 bridgehead atoms. The molecule has 0 aliphatic carbocycles. The van der Waals surface area contributed by atoms with E-state index in [2.05, 4.69) is 4.98 Å². The molecule has 3 heterocycles. The van der Waals surface area contributed by atoms with Crippen LogP contribution in [0.2, 0.25) is 0 Å². The van der Waals surface area contributed by atoms with Crippen LogP contribution in [0.5, 0.6) is 5.75 Å². The van der Waals surface area contributed by atoms with Crippen LogP contribution in [0.25, 0.3) is 0 Å². The molecule has 1 amide bonds. The van der Waals surface area contributed by atoms with E-state index in [0.29, 0.717) is 38.6 Å². The van der Waals surface area contributed by atoms with Crippen molar-refractivity contribution in [1.29, 1.82) is 0 Å². The van der Waals surface area contributed by atoms with Crippen molar-refractivity contribution >= 4 is 17.2 Å². The maximum absolute atomic E-state index is 12.5. The van der Waals surface area contributed by atoms with Crippen LogP contribution in [0.15, 0.2) is 41.2 Å². The summed E-state index contributed by atoms with van der Waals surface area (Å²) in [5.74, 6) is 0.893. The summed E-state index contributed by atoms with van der Waals surface area (Å²) in [6.07, 6.45) is 3.69. The molecule has 0 saturated carbocycles. The Bertz CT molecular complexity index is 745. The van der Waals surface area contributed by atoms with Crippen LogP contribution >= 0.6 is 11.3 Å². The van der Waals surface area contributed by atoms with Gasteiger partial charge in [0.15, 0.2) is 0 Å². The molecule has 2 aromatic rings. The topological polar surface area (TPSA) is 60.9 Å². The molecule has 2 aliphatic heterocycles. The monoisotopic (exact) mass is 402 g/mol. The fourth-order valence-corrected chi connectivity index (χ4v) is 4.49. The SMILES string of the molecule is O=C(c1cscn1)N1CCC2(CC1)CC(OCCOc1ccccc1)CCO2. The summed E-state index contributed by atoms with van der Waals surface area (Å²) in [4.78, 5) is 18.5. The predicted molar refractivity (Wildman–Crippen MR) is 107 cm³/mol. The number of nitrogens with zero attached hydrogens (tertiary/aromatic N) is 2. The number of hydrogen-bond acceptors (Lipinski definition) is 6. The largest absolute Gasteiger partial charge is 0.491 e. The number of ether oxygens (including phenoxy) is 3. The van der Waals surface area contributed by atoms with Gasteiger partial charge in [0, 0.05) is 31.5 Å². The fourth-order valence-electron chi connectivity index (χ4n) is 3.96. The molecule has 1 aromatic heterocycles. The third-order valence-corrected chi connectivity index (χ3v) is 6.10. The summed E-state index contributed by atoms with van der Waals surface area (Å²) < 4.78 is 17.9. The first-order valence-electron chi connectivity index (χ1n) is 9.85. The van der Waals surface area contributed by atoms with Crippen molar-refractivity contribution in [1.82, 2.24) is 9.88 Å². The van der Waals surface area contributed by atoms with Crippen LogP contribution < -0.4 is 4.74 Å². The van der Waals surface area contributed by atoms with Gasteiger partial charge in [-0.05, 0) is 31.4 Å². The standard InChI is InChI=1S/C21H26N2O4S/c24-20(19-15-28-16-22-19)23-9-7-21(8-10-23)14-18(6-11-27-21)26-13-12-25-17-4-2-1-3-5-17/h1-5,15-16,18H,6-14H2. The second-order valence-electron chi connectivity index (χ2n) is 7.34. The smallest absolute Gasteiger partial charge is 0.273 e. The minimum atomic E-state index is -0.165. The highest BCUT2D eigenvalue weighted by molar-refractivity contribution is 7.07. The van der Waals surface area contributed by atoms with Gasteiger partial charge in [-0.1, -0.05) is 18.2 Å². The number of thiazole rings is 1. The Kier molecular flexibility index (Phi) is 6.24. The number of likely N-dealkylation sites (tertiary alicyclic amines) is 1. The maximum atomic E-state index is 12.5. The Hall–Kier alpha value is -1.96. The third-order valence-electron chi connectivity index (χ3n) is 5.51. The van der Waals surface area contributed by atoms with Gasteiger partial charge in [0.25, 0.3) is 5.91 Å². The summed E-state index contributed by atoms with van der Waals surface area (Å²) in [5.41, 5.74) is 2.08. The van der Waals surface area contributed by atoms with E-state index in [1.54, 1.807) is 5.51 Å². The number of hydrogen-bond donors (Lipinski definition) is 0. The van der Waals surface area contributed by atoms with Gasteiger partial charge in [0.1, 0.15) is 18.1 Å². The van der Waals surface area contributed by atoms with E-state index < -0.39 is 0 Å². The zero-order valence-electron chi connectivity index (χ0n) is 15.9. The van der Waals surface area contributed by atoms with Crippen LogP contribution in [0, 0.1) is 0 Å². The van der Waals surface area contributed by atoms with Crippen molar-refractivity contribution in [2.45, 2.75) is 37.4 Å². The van der Waals surface area contributed by atoms with E-state index in [-0.39, 0.29) is 17.6 Å². The molecule has 1 unspecified atom stereocenters. The third kappa shape index (κ3) is 4.71. The van der Waals surface area contributed by atoms with Gasteiger partial charge in [0.2, 0.25) is 0 Å². The average molecular weight is 403 g/mol. The Labute approximate surface area is 169 Å². The molecule has 2 saturated heterocycles. The van der Waals surface area contributed by atoms with Crippen molar-refractivity contribution in [3.63, 3.8) is 0 Å². The summed E-state index contributed by atoms with van der Waals surface area (Å²) >= 11 is 1.45. The van der Waals surface area contributed by atoms with Crippen LogP contribution in [0.3, 0.4) is 0 Å². The van der Waals surface area contributed by atoms with E-state index in [0.717, 1.165) is 31.4 Å². The quantitative estimate of drug-likeness (QED) is 0.693. The van der Waals surface area contributed by atoms with Gasteiger partial charge >= 0.3 is 0 Å². The summed E-state index contributed by atoms with van der Waals surface area (Å²) in [6, 6.07) is 9.79. The van der Waals surface area contributed by atoms with Crippen LogP contribution in [0.1, 0.15) is 36.2 Å². The second-order valence-corrected chi connectivity index (χ2v) is 8.06. The van der Waals surface area contributed by atoms with E-state index in [1.165, 1.54) is 11.3 Å². The van der Waals surface area contributed by atoms with Gasteiger partial charge in [-0.2, -0.15) is 0 Å². The van der Waals surface area contributed by atoms with E-state index in [1.807, 2.05) is 40.6 Å². The number of piperidine rings is 1. The first kappa shape index (κ1) is 19.4. The first-order chi connectivity index (χ1) is 13.7. The Morgan fingerprint density at radius 1 is 1.25 bits per heavy atom. The number of carbonyl (C=O) groups excluding carboxylic acids is 1. The minimum absolute atomic E-state index is 0.0257. The van der Waals surface area contributed by atoms with Gasteiger partial charge in [0.05, 0.1) is 23.8 Å². The van der Waals surface area contributed by atoms with Crippen molar-refractivity contribution in [3.8, 4) is 5.75 Å². The molecule has 1 spiro atoms. The van der Waals surface area contributed by atoms with Crippen molar-refractivity contribution in [2.24, 2.45) is 0 Å². The molecule has 2 aliphatic rings. The number of amides is 1. The van der Waals surface area contributed by atoms with Crippen LogP contribution in [0.4, 0.5) is 0 Å². The van der Waals surface area contributed by atoms with Crippen LogP contribution in [-0.2, 0) is 9.47 Å². The molecule has 0 N–H and O–H groups in total. The fraction of sp³-hybridized carbons (Fsp3) is 0.524. The van der Waals surface area contributed by atoms with Crippen molar-refractivity contribution < 1.29 is 19.0 Å². The Morgan fingerprint density at radius 2 is 2.07 bits per heavy atom. The molecular formula is C21H26N2O4S. The lowest BCUT2D eigenvalue weighted by molar-refractivity contribution is -0.153. The number of para-hydroxylation sites is 1. The summed E-state index contributed by atoms with van der Waals surface area (Å²) in [5, 5.41) is 1.81. The molecule has 6 nitrogen and oxygen atoms in total. The zero-order valence-corrected chi connectivity index (χ0v) is 16.7. The molecule has 2 fully saturated rings. The summed E-state index contributed by atoms with van der Waals surface area (Å²) in [6.45, 7) is 3.25. The van der Waals surface area contributed by atoms with Gasteiger partial charge in [-0.25, -0.2) is 4.98 Å². The number of rotatable bonds is 6. The van der Waals surface area contributed by atoms with E-state index in [9.17, 15) is 4.79 Å². The second kappa shape index (κ2) is 9.03. The summed E-state index contributed by atoms with van der Waals surface area (Å²) in [7, 11) is 0. The normalized spacial score (nSPS) is 21.6. The van der Waals surface area contributed by atoms with E-state index in [4.69, 9.17) is 14.2 Å². The van der Waals surface area contributed by atoms with Gasteiger partial charge in [-0.3, -0.25) is 4.79 Å². The molecule has 1 atom stereocenters. The number of carbonyl (C=O) groups is 1. The molecular weight excluding hydrogens is 376 g/mol. The molecule has 7 heteroatoms. The van der Waals surface area contributed by atoms with Gasteiger partial charge < -0.3 is 19.1 Å². The number of benzene rings is 1. The maximum Gasteiger partial charge on any atom is 0.273 e. The zero-order chi connectivity index (χ0) is 19.2. The van der Waals surface area contributed by atoms with E-state index >= 15 is 0 Å². The lowest BCUT2D eigenvalue weighted by atomic mass is 9.83. The molecule has 0 radical (unpaired) electrons. The van der Waals surface area contributed by atoms with Gasteiger partial charge in [-0.15, -0.1) is 11.3 Å². The highest BCUT2D eigenvalue weighted by atomic mass is 32.1. The lowest BCUT2D eigenvalue weighted by Crippen LogP contribution is -2.52. The predicted octanol–water partition coefficient (Wildman–Crippen LogP) is 3.39. The number of aromatic nitrogens is 1. The minimum Gasteiger partial charge on any atom is -0.491 e. The van der Waals surface area contributed by atoms with Crippen molar-refractivity contribution in [3.05, 3.63) is 46.9 Å². The molecule has 1 aromatic carbocycles. The lowest BCUT2D eigenvalue weighted by Gasteiger charge is -2.46. The van der Waals surface area contributed by atoms with Crippen molar-refractivity contribution in [2.75, 3.05) is 32.9 Å². The molecule has 150 valence electrons. The highest BCUT2D eigenvalue weighted by Crippen LogP contribution is 2.36.